The lowest BCUT2D eigenvalue weighted by atomic mass is 10.2. The summed E-state index contributed by atoms with van der Waals surface area (Å²) >= 11 is 0. The highest BCUT2D eigenvalue weighted by atomic mass is 16.5. The van der Waals surface area contributed by atoms with Crippen molar-refractivity contribution in [2.75, 3.05) is 0 Å². The molecular formula is C14H20O4. The molecule has 0 aromatic rings. The van der Waals surface area contributed by atoms with Gasteiger partial charge in [0.2, 0.25) is 0 Å². The van der Waals surface area contributed by atoms with E-state index in [4.69, 9.17) is 15.9 Å². The number of hydrogen-bond acceptors (Lipinski definition) is 4. The molecule has 4 heteroatoms. The number of carbonyl (C=O) groups excluding carboxylic acids is 2. The lowest BCUT2D eigenvalue weighted by Crippen LogP contribution is -2.15. The maximum Gasteiger partial charge on any atom is 0.307 e. The maximum atomic E-state index is 11.3. The van der Waals surface area contributed by atoms with Gasteiger partial charge in [-0.15, -0.1) is 13.0 Å². The van der Waals surface area contributed by atoms with E-state index in [-0.39, 0.29) is 24.9 Å². The van der Waals surface area contributed by atoms with Crippen molar-refractivity contribution in [2.24, 2.45) is 0 Å². The van der Waals surface area contributed by atoms with E-state index < -0.39 is 12.1 Å². The Morgan fingerprint density at radius 1 is 1.28 bits per heavy atom. The van der Waals surface area contributed by atoms with Crippen molar-refractivity contribution in [2.45, 2.75) is 51.7 Å². The third-order valence-corrected chi connectivity index (χ3v) is 2.14. The van der Waals surface area contributed by atoms with Crippen LogP contribution in [0.3, 0.4) is 0 Å². The molecule has 0 rings (SSSR count). The summed E-state index contributed by atoms with van der Waals surface area (Å²) in [6.45, 7) is 6.97. The molecule has 100 valence electrons. The van der Waals surface area contributed by atoms with Crippen molar-refractivity contribution in [3.05, 3.63) is 12.7 Å². The molecule has 2 unspecified atom stereocenters. The van der Waals surface area contributed by atoms with Crippen LogP contribution in [0.25, 0.3) is 0 Å². The summed E-state index contributed by atoms with van der Waals surface area (Å²) in [6, 6.07) is 0. The SMILES string of the molecule is C#CC(C)OC(=O)CCCC(=O)OC(C)CC=C. The summed E-state index contributed by atoms with van der Waals surface area (Å²) in [6.07, 6.45) is 7.43. The first-order valence-corrected chi connectivity index (χ1v) is 5.95. The molecule has 2 atom stereocenters. The van der Waals surface area contributed by atoms with Crippen molar-refractivity contribution >= 4 is 11.9 Å². The van der Waals surface area contributed by atoms with Crippen LogP contribution >= 0.6 is 0 Å². The van der Waals surface area contributed by atoms with Gasteiger partial charge in [-0.3, -0.25) is 9.59 Å². The van der Waals surface area contributed by atoms with Crippen LogP contribution in [0.4, 0.5) is 0 Å². The first-order valence-electron chi connectivity index (χ1n) is 5.95. The smallest absolute Gasteiger partial charge is 0.307 e. The molecule has 0 fully saturated rings. The highest BCUT2D eigenvalue weighted by molar-refractivity contribution is 5.72. The van der Waals surface area contributed by atoms with E-state index in [1.807, 2.05) is 0 Å². The van der Waals surface area contributed by atoms with Crippen molar-refractivity contribution in [3.63, 3.8) is 0 Å². The van der Waals surface area contributed by atoms with E-state index in [0.29, 0.717) is 12.8 Å². The Kier molecular flexibility index (Phi) is 8.38. The van der Waals surface area contributed by atoms with Gasteiger partial charge in [0, 0.05) is 19.3 Å². The average molecular weight is 252 g/mol. The van der Waals surface area contributed by atoms with Gasteiger partial charge < -0.3 is 9.47 Å². The van der Waals surface area contributed by atoms with Crippen molar-refractivity contribution in [3.8, 4) is 12.3 Å². The van der Waals surface area contributed by atoms with Gasteiger partial charge in [0.1, 0.15) is 6.10 Å². The molecule has 0 aromatic carbocycles. The number of carbonyl (C=O) groups is 2. The Bertz CT molecular complexity index is 327. The van der Waals surface area contributed by atoms with Crippen LogP contribution in [0.1, 0.15) is 39.5 Å². The minimum Gasteiger partial charge on any atom is -0.462 e. The normalized spacial score (nSPS) is 12.9. The third kappa shape index (κ3) is 8.40. The Morgan fingerprint density at radius 3 is 2.33 bits per heavy atom. The molecule has 0 aliphatic heterocycles. The fourth-order valence-electron chi connectivity index (χ4n) is 1.23. The minimum atomic E-state index is -0.530. The highest BCUT2D eigenvalue weighted by Gasteiger charge is 2.11. The molecule has 0 radical (unpaired) electrons. The van der Waals surface area contributed by atoms with E-state index in [0.717, 1.165) is 0 Å². The van der Waals surface area contributed by atoms with Gasteiger partial charge >= 0.3 is 11.9 Å². The summed E-state index contributed by atoms with van der Waals surface area (Å²) in [5.74, 6) is 1.58. The molecular weight excluding hydrogens is 232 g/mol. The van der Waals surface area contributed by atoms with Gasteiger partial charge in [0.25, 0.3) is 0 Å². The zero-order valence-corrected chi connectivity index (χ0v) is 11.0. The largest absolute Gasteiger partial charge is 0.462 e. The van der Waals surface area contributed by atoms with Gasteiger partial charge in [-0.1, -0.05) is 12.0 Å². The fourth-order valence-corrected chi connectivity index (χ4v) is 1.23. The second-order valence-corrected chi connectivity index (χ2v) is 3.98. The first kappa shape index (κ1) is 16.2. The monoisotopic (exact) mass is 252 g/mol. The number of ether oxygens (including phenoxy) is 2. The van der Waals surface area contributed by atoms with Crippen LogP contribution in [-0.4, -0.2) is 24.1 Å². The van der Waals surface area contributed by atoms with Crippen molar-refractivity contribution in [1.29, 1.82) is 0 Å². The predicted molar refractivity (Wildman–Crippen MR) is 68.6 cm³/mol. The molecule has 0 aromatic heterocycles. The van der Waals surface area contributed by atoms with E-state index in [2.05, 4.69) is 12.5 Å². The summed E-state index contributed by atoms with van der Waals surface area (Å²) in [5, 5.41) is 0. The molecule has 0 N–H and O–H groups in total. The highest BCUT2D eigenvalue weighted by Crippen LogP contribution is 2.05. The van der Waals surface area contributed by atoms with E-state index in [1.165, 1.54) is 0 Å². The predicted octanol–water partition coefficient (Wildman–Crippen LogP) is 2.23. The number of esters is 2. The molecule has 18 heavy (non-hydrogen) atoms. The van der Waals surface area contributed by atoms with E-state index in [1.54, 1.807) is 19.9 Å². The topological polar surface area (TPSA) is 52.6 Å². The molecule has 0 aliphatic carbocycles. The molecule has 4 nitrogen and oxygen atoms in total. The van der Waals surface area contributed by atoms with E-state index >= 15 is 0 Å². The molecule has 0 saturated carbocycles. The molecule has 0 heterocycles. The second kappa shape index (κ2) is 9.29. The summed E-state index contributed by atoms with van der Waals surface area (Å²) in [7, 11) is 0. The Morgan fingerprint density at radius 2 is 1.83 bits per heavy atom. The van der Waals surface area contributed by atoms with Gasteiger partial charge in [-0.25, -0.2) is 0 Å². The Balaban J connectivity index is 3.71. The lowest BCUT2D eigenvalue weighted by Gasteiger charge is -2.11. The molecule has 0 saturated heterocycles. The summed E-state index contributed by atoms with van der Waals surface area (Å²) < 4.78 is 9.94. The van der Waals surface area contributed by atoms with Crippen LogP contribution < -0.4 is 0 Å². The number of hydrogen-bond donors (Lipinski definition) is 0. The fraction of sp³-hybridized carbons (Fsp3) is 0.571. The van der Waals surface area contributed by atoms with Gasteiger partial charge in [-0.2, -0.15) is 0 Å². The van der Waals surface area contributed by atoms with Crippen LogP contribution in [0.15, 0.2) is 12.7 Å². The van der Waals surface area contributed by atoms with Crippen LogP contribution in [0, 0.1) is 12.3 Å². The molecule has 0 aliphatic rings. The van der Waals surface area contributed by atoms with Crippen LogP contribution in [-0.2, 0) is 19.1 Å². The quantitative estimate of drug-likeness (QED) is 0.377. The first-order chi connectivity index (χ1) is 8.49. The van der Waals surface area contributed by atoms with Gasteiger partial charge in [-0.05, 0) is 20.3 Å². The third-order valence-electron chi connectivity index (χ3n) is 2.14. The van der Waals surface area contributed by atoms with Crippen molar-refractivity contribution in [1.82, 2.24) is 0 Å². The second-order valence-electron chi connectivity index (χ2n) is 3.98. The van der Waals surface area contributed by atoms with Gasteiger partial charge in [0.05, 0.1) is 0 Å². The molecule has 0 spiro atoms. The number of rotatable bonds is 8. The zero-order chi connectivity index (χ0) is 14.0. The van der Waals surface area contributed by atoms with E-state index in [9.17, 15) is 9.59 Å². The average Bonchev–Trinajstić information content (AvgIpc) is 2.28. The minimum absolute atomic E-state index is 0.164. The Hall–Kier alpha value is -1.76. The summed E-state index contributed by atoms with van der Waals surface area (Å²) in [4.78, 5) is 22.6. The van der Waals surface area contributed by atoms with Crippen LogP contribution in [0.5, 0.6) is 0 Å². The van der Waals surface area contributed by atoms with Gasteiger partial charge in [0.15, 0.2) is 6.10 Å². The zero-order valence-electron chi connectivity index (χ0n) is 11.0. The maximum absolute atomic E-state index is 11.3. The molecule has 0 amide bonds. The molecule has 0 bridgehead atoms. The standard InChI is InChI=1S/C14H20O4/c1-5-8-12(4)18-14(16)10-7-9-13(15)17-11(3)6-2/h2,5,11-12H,1,7-10H2,3-4H3. The number of terminal acetylenes is 1. The Labute approximate surface area is 108 Å². The summed E-state index contributed by atoms with van der Waals surface area (Å²) in [5.41, 5.74) is 0. The lowest BCUT2D eigenvalue weighted by molar-refractivity contribution is -0.149. The van der Waals surface area contributed by atoms with Crippen LogP contribution in [0.2, 0.25) is 0 Å². The van der Waals surface area contributed by atoms with Crippen molar-refractivity contribution < 1.29 is 19.1 Å².